The van der Waals surface area contributed by atoms with Crippen LogP contribution in [0.1, 0.15) is 16.8 Å². The van der Waals surface area contributed by atoms with Crippen molar-refractivity contribution in [3.05, 3.63) is 33.9 Å². The second-order valence-corrected chi connectivity index (χ2v) is 4.57. The summed E-state index contributed by atoms with van der Waals surface area (Å²) in [7, 11) is 1.30. The molecule has 112 valence electrons. The summed E-state index contributed by atoms with van der Waals surface area (Å²) >= 11 is 0. The Bertz CT molecular complexity index is 587. The van der Waals surface area contributed by atoms with Gasteiger partial charge in [0.25, 0.3) is 5.91 Å². The predicted molar refractivity (Wildman–Crippen MR) is 73.2 cm³/mol. The van der Waals surface area contributed by atoms with Crippen LogP contribution in [0.5, 0.6) is 5.75 Å². The lowest BCUT2D eigenvalue weighted by atomic mass is 10.1. The van der Waals surface area contributed by atoms with E-state index in [0.29, 0.717) is 19.5 Å². The molecule has 21 heavy (non-hydrogen) atoms. The molecule has 0 radical (unpaired) electrons. The fraction of sp³-hybridized carbons (Fsp3) is 0.385. The second kappa shape index (κ2) is 6.21. The molecule has 0 aliphatic carbocycles. The van der Waals surface area contributed by atoms with Gasteiger partial charge in [0.15, 0.2) is 5.75 Å². The number of carbonyl (C=O) groups is 2. The first-order valence-corrected chi connectivity index (χ1v) is 6.41. The molecule has 0 unspecified atom stereocenters. The standard InChI is InChI=1S/C13H15N3O5/c1-21-11-7-9(3-4-10(11)16(19)20)13(18)15-6-2-5-14-12(17)8-15/h3-4,7H,2,5-6,8H2,1H3,(H,14,17). The van der Waals surface area contributed by atoms with E-state index in [1.807, 2.05) is 0 Å². The number of benzene rings is 1. The van der Waals surface area contributed by atoms with Crippen LogP contribution >= 0.6 is 0 Å². The highest BCUT2D eigenvalue weighted by Gasteiger charge is 2.23. The number of amides is 2. The number of methoxy groups -OCH3 is 1. The van der Waals surface area contributed by atoms with E-state index in [1.54, 1.807) is 0 Å². The molecule has 8 nitrogen and oxygen atoms in total. The molecule has 1 aromatic rings. The second-order valence-electron chi connectivity index (χ2n) is 4.57. The monoisotopic (exact) mass is 293 g/mol. The van der Waals surface area contributed by atoms with Gasteiger partial charge in [-0.15, -0.1) is 0 Å². The van der Waals surface area contributed by atoms with Gasteiger partial charge in [0, 0.05) is 30.8 Å². The molecule has 0 saturated carbocycles. The molecule has 0 spiro atoms. The first-order valence-electron chi connectivity index (χ1n) is 6.41. The smallest absolute Gasteiger partial charge is 0.310 e. The van der Waals surface area contributed by atoms with Gasteiger partial charge < -0.3 is 15.0 Å². The first kappa shape index (κ1) is 14.8. The molecule has 8 heteroatoms. The van der Waals surface area contributed by atoms with Crippen LogP contribution in [0.15, 0.2) is 18.2 Å². The minimum Gasteiger partial charge on any atom is -0.490 e. The van der Waals surface area contributed by atoms with Gasteiger partial charge >= 0.3 is 5.69 Å². The molecule has 1 aliphatic rings. The Balaban J connectivity index is 2.26. The molecule has 1 aromatic carbocycles. The van der Waals surface area contributed by atoms with Crippen molar-refractivity contribution in [3.63, 3.8) is 0 Å². The van der Waals surface area contributed by atoms with Gasteiger partial charge in [-0.05, 0) is 12.5 Å². The third-order valence-corrected chi connectivity index (χ3v) is 3.17. The fourth-order valence-electron chi connectivity index (χ4n) is 2.12. The summed E-state index contributed by atoms with van der Waals surface area (Å²) in [6.07, 6.45) is 0.668. The molecule has 1 heterocycles. The van der Waals surface area contributed by atoms with Crippen molar-refractivity contribution in [2.24, 2.45) is 0 Å². The topological polar surface area (TPSA) is 102 Å². The van der Waals surface area contributed by atoms with Crippen LogP contribution < -0.4 is 10.1 Å². The number of ether oxygens (including phenoxy) is 1. The number of nitro groups is 1. The maximum absolute atomic E-state index is 12.4. The number of hydrogen-bond acceptors (Lipinski definition) is 5. The number of carbonyl (C=O) groups excluding carboxylic acids is 2. The molecule has 1 fully saturated rings. The average molecular weight is 293 g/mol. The van der Waals surface area contributed by atoms with Gasteiger partial charge in [0.05, 0.1) is 18.6 Å². The minimum atomic E-state index is -0.577. The third kappa shape index (κ3) is 3.28. The van der Waals surface area contributed by atoms with Gasteiger partial charge in [-0.1, -0.05) is 0 Å². The Morgan fingerprint density at radius 2 is 2.24 bits per heavy atom. The van der Waals surface area contributed by atoms with Crippen LogP contribution in [0, 0.1) is 10.1 Å². The molecule has 0 atom stereocenters. The molecular formula is C13H15N3O5. The highest BCUT2D eigenvalue weighted by molar-refractivity contribution is 5.97. The summed E-state index contributed by atoms with van der Waals surface area (Å²) in [6, 6.07) is 3.92. The summed E-state index contributed by atoms with van der Waals surface area (Å²) < 4.78 is 4.94. The quantitative estimate of drug-likeness (QED) is 0.648. The van der Waals surface area contributed by atoms with Crippen molar-refractivity contribution in [3.8, 4) is 5.75 Å². The van der Waals surface area contributed by atoms with Crippen LogP contribution in [-0.2, 0) is 4.79 Å². The molecule has 1 N–H and O–H groups in total. The lowest BCUT2D eigenvalue weighted by Gasteiger charge is -2.19. The summed E-state index contributed by atoms with van der Waals surface area (Å²) in [5, 5.41) is 13.5. The van der Waals surface area contributed by atoms with E-state index in [0.717, 1.165) is 0 Å². The molecular weight excluding hydrogens is 278 g/mol. The summed E-state index contributed by atoms with van der Waals surface area (Å²) in [4.78, 5) is 35.5. The zero-order valence-electron chi connectivity index (χ0n) is 11.5. The average Bonchev–Trinajstić information content (AvgIpc) is 2.70. The Morgan fingerprint density at radius 1 is 1.48 bits per heavy atom. The van der Waals surface area contributed by atoms with Crippen LogP contribution in [0.2, 0.25) is 0 Å². The van der Waals surface area contributed by atoms with E-state index < -0.39 is 4.92 Å². The maximum atomic E-state index is 12.4. The van der Waals surface area contributed by atoms with Crippen LogP contribution in [0.25, 0.3) is 0 Å². The molecule has 0 bridgehead atoms. The van der Waals surface area contributed by atoms with E-state index in [4.69, 9.17) is 4.74 Å². The SMILES string of the molecule is COc1cc(C(=O)N2CCCNC(=O)C2)ccc1[N+](=O)[O-]. The van der Waals surface area contributed by atoms with Crippen LogP contribution in [0.3, 0.4) is 0 Å². The van der Waals surface area contributed by atoms with Crippen molar-refractivity contribution in [1.29, 1.82) is 0 Å². The number of hydrogen-bond donors (Lipinski definition) is 1. The molecule has 1 saturated heterocycles. The summed E-state index contributed by atoms with van der Waals surface area (Å²) in [6.45, 7) is 0.973. The van der Waals surface area contributed by atoms with E-state index in [-0.39, 0.29) is 35.4 Å². The highest BCUT2D eigenvalue weighted by Crippen LogP contribution is 2.28. The van der Waals surface area contributed by atoms with Crippen molar-refractivity contribution >= 4 is 17.5 Å². The number of nitro benzene ring substituents is 1. The van der Waals surface area contributed by atoms with Crippen molar-refractivity contribution in [1.82, 2.24) is 10.2 Å². The van der Waals surface area contributed by atoms with E-state index in [2.05, 4.69) is 5.32 Å². The van der Waals surface area contributed by atoms with Gasteiger partial charge in [0.1, 0.15) is 0 Å². The predicted octanol–water partition coefficient (Wildman–Crippen LogP) is 0.565. The molecule has 2 rings (SSSR count). The first-order chi connectivity index (χ1) is 10.0. The molecule has 1 aliphatic heterocycles. The van der Waals surface area contributed by atoms with Gasteiger partial charge in [-0.2, -0.15) is 0 Å². The largest absolute Gasteiger partial charge is 0.490 e. The van der Waals surface area contributed by atoms with E-state index in [1.165, 1.54) is 30.2 Å². The Hall–Kier alpha value is -2.64. The third-order valence-electron chi connectivity index (χ3n) is 3.17. The zero-order valence-corrected chi connectivity index (χ0v) is 11.5. The van der Waals surface area contributed by atoms with Crippen molar-refractivity contribution in [2.75, 3.05) is 26.7 Å². The fourth-order valence-corrected chi connectivity index (χ4v) is 2.12. The van der Waals surface area contributed by atoms with Crippen LogP contribution in [0.4, 0.5) is 5.69 Å². The lowest BCUT2D eigenvalue weighted by Crippen LogP contribution is -2.37. The Kier molecular flexibility index (Phi) is 4.36. The zero-order chi connectivity index (χ0) is 15.4. The highest BCUT2D eigenvalue weighted by atomic mass is 16.6. The van der Waals surface area contributed by atoms with Crippen molar-refractivity contribution in [2.45, 2.75) is 6.42 Å². The Morgan fingerprint density at radius 3 is 2.90 bits per heavy atom. The minimum absolute atomic E-state index is 0.0157. The van der Waals surface area contributed by atoms with Crippen LogP contribution in [-0.4, -0.2) is 48.4 Å². The number of nitrogens with zero attached hydrogens (tertiary/aromatic N) is 2. The normalized spacial score (nSPS) is 15.1. The van der Waals surface area contributed by atoms with Gasteiger partial charge in [-0.3, -0.25) is 19.7 Å². The summed E-state index contributed by atoms with van der Waals surface area (Å²) in [5.41, 5.74) is 0.0507. The van der Waals surface area contributed by atoms with E-state index in [9.17, 15) is 19.7 Å². The lowest BCUT2D eigenvalue weighted by molar-refractivity contribution is -0.385. The Labute approximate surface area is 120 Å². The van der Waals surface area contributed by atoms with Gasteiger partial charge in [-0.25, -0.2) is 0 Å². The maximum Gasteiger partial charge on any atom is 0.310 e. The number of nitrogens with one attached hydrogen (secondary N) is 1. The van der Waals surface area contributed by atoms with E-state index >= 15 is 0 Å². The van der Waals surface area contributed by atoms with Crippen molar-refractivity contribution < 1.29 is 19.2 Å². The van der Waals surface area contributed by atoms with Gasteiger partial charge in [0.2, 0.25) is 5.91 Å². The number of rotatable bonds is 3. The molecule has 2 amide bonds. The molecule has 0 aromatic heterocycles. The summed E-state index contributed by atoms with van der Waals surface area (Å²) in [5.74, 6) is -0.542.